The van der Waals surface area contributed by atoms with E-state index in [-0.39, 0.29) is 29.9 Å². The number of hydrogen-bond acceptors (Lipinski definition) is 4. The Hall–Kier alpha value is -2.10. The van der Waals surface area contributed by atoms with E-state index in [4.69, 9.17) is 4.42 Å². The molecule has 3 rings (SSSR count). The van der Waals surface area contributed by atoms with Crippen LogP contribution in [0, 0.1) is 13.8 Å². The highest BCUT2D eigenvalue weighted by Crippen LogP contribution is 2.21. The van der Waals surface area contributed by atoms with Crippen LogP contribution < -0.4 is 15.5 Å². The summed E-state index contributed by atoms with van der Waals surface area (Å²) in [5, 5.41) is 6.47. The van der Waals surface area contributed by atoms with Gasteiger partial charge in [0.25, 0.3) is 0 Å². The number of nitrogens with zero attached hydrogens (tertiary/aromatic N) is 3. The van der Waals surface area contributed by atoms with Crippen molar-refractivity contribution >= 4 is 41.5 Å². The van der Waals surface area contributed by atoms with E-state index < -0.39 is 0 Å². The number of piperidine rings is 1. The summed E-state index contributed by atoms with van der Waals surface area (Å²) in [5.74, 6) is 2.37. The zero-order valence-corrected chi connectivity index (χ0v) is 18.9. The fourth-order valence-corrected chi connectivity index (χ4v) is 3.05. The van der Waals surface area contributed by atoms with Gasteiger partial charge in [-0.2, -0.15) is 0 Å². The number of nitrogens with one attached hydrogen (secondary N) is 2. The van der Waals surface area contributed by atoms with E-state index in [9.17, 15) is 4.79 Å². The number of halogens is 1. The van der Waals surface area contributed by atoms with Gasteiger partial charge in [0, 0.05) is 32.2 Å². The predicted molar refractivity (Wildman–Crippen MR) is 121 cm³/mol. The molecule has 152 valence electrons. The average molecular weight is 497 g/mol. The Labute approximate surface area is 183 Å². The molecule has 2 N–H and O–H groups in total. The third-order valence-corrected chi connectivity index (χ3v) is 4.73. The highest BCUT2D eigenvalue weighted by atomic mass is 127. The molecule has 1 aliphatic rings. The molecular weight excluding hydrogens is 469 g/mol. The SMILES string of the molecule is CN=C(NCc1ccc(N2CCCCC2=O)cc1)NCc1nc(C)c(C)o1.I. The van der Waals surface area contributed by atoms with Gasteiger partial charge >= 0.3 is 0 Å². The Morgan fingerprint density at radius 3 is 2.50 bits per heavy atom. The molecule has 2 heterocycles. The van der Waals surface area contributed by atoms with Gasteiger partial charge in [-0.3, -0.25) is 9.79 Å². The van der Waals surface area contributed by atoms with Crippen LogP contribution in [0.1, 0.15) is 42.2 Å². The summed E-state index contributed by atoms with van der Waals surface area (Å²) in [4.78, 5) is 22.5. The Morgan fingerprint density at radius 2 is 1.89 bits per heavy atom. The van der Waals surface area contributed by atoms with Gasteiger partial charge in [-0.05, 0) is 44.4 Å². The largest absolute Gasteiger partial charge is 0.444 e. The summed E-state index contributed by atoms with van der Waals surface area (Å²) >= 11 is 0. The van der Waals surface area contributed by atoms with Gasteiger partial charge in [0.15, 0.2) is 5.96 Å². The van der Waals surface area contributed by atoms with E-state index in [0.717, 1.165) is 42.1 Å². The quantitative estimate of drug-likeness (QED) is 0.377. The van der Waals surface area contributed by atoms with Crippen LogP contribution in [-0.2, 0) is 17.9 Å². The number of carbonyl (C=O) groups is 1. The zero-order valence-electron chi connectivity index (χ0n) is 16.6. The minimum absolute atomic E-state index is 0. The standard InChI is InChI=1S/C20H27N5O2.HI/c1-14-15(2)27-18(24-14)13-23-20(21-3)22-12-16-7-9-17(10-8-16)25-11-5-4-6-19(25)26;/h7-10H,4-6,11-13H2,1-3H3,(H2,21,22,23);1H. The van der Waals surface area contributed by atoms with Crippen molar-refractivity contribution in [2.75, 3.05) is 18.5 Å². The minimum Gasteiger partial charge on any atom is -0.444 e. The van der Waals surface area contributed by atoms with Gasteiger partial charge in [-0.1, -0.05) is 12.1 Å². The Morgan fingerprint density at radius 1 is 1.18 bits per heavy atom. The van der Waals surface area contributed by atoms with Crippen LogP contribution in [0.4, 0.5) is 5.69 Å². The first-order valence-electron chi connectivity index (χ1n) is 9.33. The number of oxazole rings is 1. The molecular formula is C20H28IN5O2. The molecule has 0 unspecified atom stereocenters. The highest BCUT2D eigenvalue weighted by molar-refractivity contribution is 14.0. The molecule has 1 aromatic carbocycles. The lowest BCUT2D eigenvalue weighted by Crippen LogP contribution is -2.36. The second-order valence-corrected chi connectivity index (χ2v) is 6.70. The van der Waals surface area contributed by atoms with Crippen molar-refractivity contribution in [3.8, 4) is 0 Å². The Balaban J connectivity index is 0.00000280. The highest BCUT2D eigenvalue weighted by Gasteiger charge is 2.19. The summed E-state index contributed by atoms with van der Waals surface area (Å²) in [6.07, 6.45) is 2.71. The van der Waals surface area contributed by atoms with Crippen molar-refractivity contribution in [3.05, 3.63) is 47.2 Å². The number of aliphatic imine (C=N–C) groups is 1. The Kier molecular flexibility index (Phi) is 8.28. The molecule has 0 radical (unpaired) electrons. The summed E-state index contributed by atoms with van der Waals surface area (Å²) in [6.45, 7) is 5.76. The second-order valence-electron chi connectivity index (χ2n) is 6.70. The van der Waals surface area contributed by atoms with E-state index in [1.54, 1.807) is 7.05 Å². The van der Waals surface area contributed by atoms with Gasteiger partial charge in [-0.15, -0.1) is 24.0 Å². The minimum atomic E-state index is 0. The van der Waals surface area contributed by atoms with Crippen molar-refractivity contribution < 1.29 is 9.21 Å². The number of anilines is 1. The summed E-state index contributed by atoms with van der Waals surface area (Å²) in [7, 11) is 1.73. The lowest BCUT2D eigenvalue weighted by atomic mass is 10.1. The van der Waals surface area contributed by atoms with Crippen molar-refractivity contribution in [3.63, 3.8) is 0 Å². The molecule has 8 heteroatoms. The summed E-state index contributed by atoms with van der Waals surface area (Å²) in [5.41, 5.74) is 3.00. The number of aryl methyl sites for hydroxylation is 2. The first-order chi connectivity index (χ1) is 13.1. The molecule has 1 aromatic heterocycles. The molecule has 1 fully saturated rings. The van der Waals surface area contributed by atoms with Gasteiger partial charge < -0.3 is 20.0 Å². The van der Waals surface area contributed by atoms with Crippen LogP contribution in [0.2, 0.25) is 0 Å². The lowest BCUT2D eigenvalue weighted by molar-refractivity contribution is -0.119. The topological polar surface area (TPSA) is 82.8 Å². The third-order valence-electron chi connectivity index (χ3n) is 4.73. The van der Waals surface area contributed by atoms with Crippen LogP contribution in [0.15, 0.2) is 33.7 Å². The van der Waals surface area contributed by atoms with E-state index in [2.05, 4.69) is 20.6 Å². The number of aromatic nitrogens is 1. The maximum absolute atomic E-state index is 12.0. The predicted octanol–water partition coefficient (Wildman–Crippen LogP) is 3.29. The second kappa shape index (κ2) is 10.4. The summed E-state index contributed by atoms with van der Waals surface area (Å²) in [6, 6.07) is 8.10. The molecule has 0 aliphatic carbocycles. The molecule has 1 saturated heterocycles. The summed E-state index contributed by atoms with van der Waals surface area (Å²) < 4.78 is 5.56. The van der Waals surface area contributed by atoms with E-state index >= 15 is 0 Å². The number of amides is 1. The number of carbonyl (C=O) groups excluding carboxylic acids is 1. The number of guanidine groups is 1. The molecule has 7 nitrogen and oxygen atoms in total. The van der Waals surface area contributed by atoms with Crippen LogP contribution in [-0.4, -0.2) is 30.4 Å². The van der Waals surface area contributed by atoms with Crippen LogP contribution >= 0.6 is 24.0 Å². The molecule has 28 heavy (non-hydrogen) atoms. The number of rotatable bonds is 5. The fourth-order valence-electron chi connectivity index (χ4n) is 3.05. The van der Waals surface area contributed by atoms with Crippen molar-refractivity contribution in [2.24, 2.45) is 4.99 Å². The molecule has 1 aliphatic heterocycles. The van der Waals surface area contributed by atoms with E-state index in [1.165, 1.54) is 0 Å². The molecule has 0 saturated carbocycles. The van der Waals surface area contributed by atoms with Crippen molar-refractivity contribution in [2.45, 2.75) is 46.2 Å². The first-order valence-corrected chi connectivity index (χ1v) is 9.33. The van der Waals surface area contributed by atoms with Gasteiger partial charge in [-0.25, -0.2) is 4.98 Å². The van der Waals surface area contributed by atoms with Crippen molar-refractivity contribution in [1.29, 1.82) is 0 Å². The molecule has 0 spiro atoms. The van der Waals surface area contributed by atoms with E-state index in [0.29, 0.717) is 31.4 Å². The maximum Gasteiger partial charge on any atom is 0.226 e. The smallest absolute Gasteiger partial charge is 0.226 e. The zero-order chi connectivity index (χ0) is 19.2. The molecule has 1 amide bonds. The third kappa shape index (κ3) is 5.70. The van der Waals surface area contributed by atoms with Crippen LogP contribution in [0.5, 0.6) is 0 Å². The van der Waals surface area contributed by atoms with E-state index in [1.807, 2.05) is 43.0 Å². The maximum atomic E-state index is 12.0. The van der Waals surface area contributed by atoms with Gasteiger partial charge in [0.05, 0.1) is 12.2 Å². The fraction of sp³-hybridized carbons (Fsp3) is 0.450. The monoisotopic (exact) mass is 497 g/mol. The lowest BCUT2D eigenvalue weighted by Gasteiger charge is -2.26. The number of benzene rings is 1. The molecule has 0 atom stereocenters. The van der Waals surface area contributed by atoms with Gasteiger partial charge in [0.2, 0.25) is 11.8 Å². The Bertz CT molecular complexity index is 797. The molecule has 0 bridgehead atoms. The van der Waals surface area contributed by atoms with Crippen LogP contribution in [0.3, 0.4) is 0 Å². The van der Waals surface area contributed by atoms with Crippen LogP contribution in [0.25, 0.3) is 0 Å². The first kappa shape index (κ1) is 22.2. The normalized spacial score (nSPS) is 14.6. The van der Waals surface area contributed by atoms with Crippen molar-refractivity contribution in [1.82, 2.24) is 15.6 Å². The van der Waals surface area contributed by atoms with Gasteiger partial charge in [0.1, 0.15) is 5.76 Å². The number of hydrogen-bond donors (Lipinski definition) is 2. The molecule has 2 aromatic rings. The average Bonchev–Trinajstić information content (AvgIpc) is 3.00.